The van der Waals surface area contributed by atoms with Crippen molar-refractivity contribution in [3.05, 3.63) is 0 Å². The van der Waals surface area contributed by atoms with Gasteiger partial charge in [-0.1, -0.05) is 306 Å². The van der Waals surface area contributed by atoms with Gasteiger partial charge in [0.1, 0.15) is 0 Å². The molecule has 7 nitrogen and oxygen atoms in total. The minimum absolute atomic E-state index is 0.205. The Kier molecular flexibility index (Phi) is 41.6. The molecule has 23 fully saturated rings. The molecule has 7 heteroatoms. The van der Waals surface area contributed by atoms with E-state index in [1.165, 1.54) is 351 Å². The van der Waals surface area contributed by atoms with Crippen molar-refractivity contribution < 1.29 is 35.7 Å². The maximum absolute atomic E-state index is 10.6. The summed E-state index contributed by atoms with van der Waals surface area (Å²) in [6, 6.07) is 0. The van der Waals surface area contributed by atoms with Gasteiger partial charge in [0, 0.05) is 25.7 Å². The van der Waals surface area contributed by atoms with Crippen molar-refractivity contribution in [2.24, 2.45) is 170 Å². The zero-order valence-corrected chi connectivity index (χ0v) is 96.5. The Balaban J connectivity index is 0.000000154. The summed E-state index contributed by atoms with van der Waals surface area (Å²) in [5.41, 5.74) is 6.36. The van der Waals surface area contributed by atoms with E-state index in [-0.39, 0.29) is 46.3 Å². The zero-order chi connectivity index (χ0) is 100. The molecule has 12 bridgehead atoms. The van der Waals surface area contributed by atoms with Crippen LogP contribution >= 0.6 is 0 Å². The van der Waals surface area contributed by atoms with E-state index in [0.717, 1.165) is 128 Å². The smallest absolute Gasteiger partial charge is 0.0701 e. The summed E-state index contributed by atoms with van der Waals surface area (Å²) in [6.07, 6.45) is 92.0. The molecule has 23 saturated carbocycles. The Bertz CT molecular complexity index is 3310. The Morgan fingerprint density at radius 2 is 0.691 bits per heavy atom. The van der Waals surface area contributed by atoms with Gasteiger partial charge in [-0.3, -0.25) is 0 Å². The summed E-state index contributed by atoms with van der Waals surface area (Å²) in [6.45, 7) is 61.9. The van der Waals surface area contributed by atoms with Gasteiger partial charge in [-0.25, -0.2) is 0 Å². The van der Waals surface area contributed by atoms with Crippen LogP contribution in [0.3, 0.4) is 0 Å². The van der Waals surface area contributed by atoms with Gasteiger partial charge in [-0.05, 0) is 462 Å². The minimum atomic E-state index is -0.497. The SMILES string of the molecule is CC(C)(C)C1CCCCC1.CC(C)(C1CCCCC1)C1CCCCC1.CC(C)(O)C12CCCCC1(C)CCCC2.CC1(C)CC2CC1C1C3CCC(C3)C21.CC1(C)CC2CCC1C2.CC1(C)CC2CCC1C2.CC1(C)CCCCC1.CC12CCC(O)(CC1)C2.CC12CCCCC1(O)CCC2.CC12CCCCC1(O)CCCC2.CC1CCC2C(C)(C)C3CC12CCC3(C)C.CCO.CCO.CO. The van der Waals surface area contributed by atoms with Crippen molar-refractivity contribution in [2.45, 2.75) is 626 Å². The van der Waals surface area contributed by atoms with Crippen LogP contribution in [0.5, 0.6) is 0 Å². The van der Waals surface area contributed by atoms with Crippen molar-refractivity contribution in [2.75, 3.05) is 20.3 Å². The lowest BCUT2D eigenvalue weighted by Gasteiger charge is -2.60. The molecule has 23 aliphatic rings. The van der Waals surface area contributed by atoms with Gasteiger partial charge in [0.2, 0.25) is 0 Å². The first-order valence-corrected chi connectivity index (χ1v) is 61.1. The van der Waals surface area contributed by atoms with Crippen LogP contribution in [0.15, 0.2) is 0 Å². The van der Waals surface area contributed by atoms with Gasteiger partial charge < -0.3 is 35.7 Å². The van der Waals surface area contributed by atoms with Gasteiger partial charge in [-0.2, -0.15) is 0 Å². The van der Waals surface area contributed by atoms with Crippen LogP contribution < -0.4 is 0 Å². The number of hydrogen-bond acceptors (Lipinski definition) is 7. The highest BCUT2D eigenvalue weighted by atomic mass is 16.3. The summed E-state index contributed by atoms with van der Waals surface area (Å²) in [4.78, 5) is 0. The molecule has 0 heterocycles. The standard InChI is InChI=1S/C16H28.C15H28.C14H26O.C14H22.C11H20O.C10H18O.C10H20.2C9H16.C8H14O.C8H16.2C2H6O.CH4O/c1-11-6-7-12-15(4,5)13-10-16(11,12)9-8-14(13,2)3;1-15(2,13-9-5-3-6-10-13)14-11-7-4-8-12-14;1-12(2,15)14-10-6-4-8-13(14,3)9-5-7-11-14;1-14(2)7-10-6-11(14)13-9-4-3-8(5-9)12(10)13;1-10-6-2-4-8-11(10,12)9-5-3-7-10;1-9-5-2-3-7-10(9,11)8-4-6-9;1-10(2,3)9-7-5-4-6-8-9;2*1-9(2)6-7-3-4-8(9)5-7;1-7-2-4-8(9,6-7)5-3-7;1-8(2)6-4-3-5-7-8;2*1-2-3;1-2/h11-13H,6-10H2,1-5H3;13-14H,3-12H2,1-2H3;15H,4-11H2,1-3H3;8-13H,3-7H2,1-2H3;12H,2-9H2,1H3;11H,2-8H2,1H3;9H,4-8H2,1-3H3;2*7-8H,3-6H2,1-2H3;9H,2-6H2,1H3;3-7H2,1-2H3;2*3H,2H2,1H3;2H,1H3. The van der Waals surface area contributed by atoms with Crippen molar-refractivity contribution in [3.63, 3.8) is 0 Å². The molecule has 0 saturated heterocycles. The summed E-state index contributed by atoms with van der Waals surface area (Å²) < 4.78 is 0. The average Bonchev–Trinajstić information content (AvgIpc) is 1.51. The van der Waals surface area contributed by atoms with E-state index < -0.39 is 5.60 Å². The summed E-state index contributed by atoms with van der Waals surface area (Å²) in [7, 11) is 1.00. The van der Waals surface area contributed by atoms with Crippen LogP contribution in [0.4, 0.5) is 0 Å². The minimum Gasteiger partial charge on any atom is -0.400 e. The Morgan fingerprint density at radius 3 is 1.02 bits per heavy atom. The lowest BCUT2D eigenvalue weighted by atomic mass is 9.46. The molecule has 0 aromatic rings. The van der Waals surface area contributed by atoms with Crippen LogP contribution in [-0.4, -0.2) is 78.5 Å². The molecule has 0 aromatic carbocycles. The third kappa shape index (κ3) is 27.7. The Labute approximate surface area is 847 Å². The fourth-order valence-corrected chi connectivity index (χ4v) is 38.9. The molecule has 0 aliphatic heterocycles. The summed E-state index contributed by atoms with van der Waals surface area (Å²) >= 11 is 0. The number of aliphatic hydroxyl groups excluding tert-OH is 3. The second-order valence-corrected chi connectivity index (χ2v) is 60.8. The molecular formula is C129H240O7. The highest BCUT2D eigenvalue weighted by Crippen LogP contribution is 2.76. The van der Waals surface area contributed by atoms with E-state index >= 15 is 0 Å². The Morgan fingerprint density at radius 1 is 0.309 bits per heavy atom. The molecule has 23 rings (SSSR count). The highest BCUT2D eigenvalue weighted by molar-refractivity contribution is 5.17. The second kappa shape index (κ2) is 48.1. The van der Waals surface area contributed by atoms with Crippen LogP contribution in [0.1, 0.15) is 604 Å². The van der Waals surface area contributed by atoms with Gasteiger partial charge in [0.15, 0.2) is 0 Å². The number of aliphatic hydroxyl groups is 7. The van der Waals surface area contributed by atoms with Crippen LogP contribution in [-0.2, 0) is 0 Å². The number of rotatable bonds is 3. The second-order valence-electron chi connectivity index (χ2n) is 60.8. The Hall–Kier alpha value is -0.280. The molecule has 0 amide bonds. The molecule has 16 atom stereocenters. The first kappa shape index (κ1) is 118. The van der Waals surface area contributed by atoms with E-state index in [4.69, 9.17) is 15.3 Å². The molecular weight excluding hydrogens is 1660 g/mol. The predicted octanol–water partition coefficient (Wildman–Crippen LogP) is 36.6. The van der Waals surface area contributed by atoms with E-state index in [1.54, 1.807) is 65.2 Å². The van der Waals surface area contributed by atoms with Crippen LogP contribution in [0.2, 0.25) is 0 Å². The van der Waals surface area contributed by atoms with E-state index in [0.29, 0.717) is 54.1 Å². The molecule has 798 valence electrons. The monoisotopic (exact) mass is 1900 g/mol. The first-order valence-electron chi connectivity index (χ1n) is 61.1. The highest BCUT2D eigenvalue weighted by Gasteiger charge is 2.68. The molecule has 23 aliphatic carbocycles. The molecule has 1 spiro atoms. The van der Waals surface area contributed by atoms with Crippen LogP contribution in [0.25, 0.3) is 0 Å². The van der Waals surface area contributed by atoms with E-state index in [2.05, 4.69) is 152 Å². The lowest BCUT2D eigenvalue weighted by molar-refractivity contribution is -0.173. The molecule has 136 heavy (non-hydrogen) atoms. The fraction of sp³-hybridized carbons (Fsp3) is 1.00. The largest absolute Gasteiger partial charge is 0.400 e. The van der Waals surface area contributed by atoms with Gasteiger partial charge >= 0.3 is 0 Å². The molecule has 16 unspecified atom stereocenters. The normalized spacial score (nSPS) is 42.1. The third-order valence-corrected chi connectivity index (χ3v) is 47.7. The molecule has 0 aromatic heterocycles. The van der Waals surface area contributed by atoms with Crippen molar-refractivity contribution in [1.82, 2.24) is 0 Å². The average molecular weight is 1900 g/mol. The zero-order valence-electron chi connectivity index (χ0n) is 96.5. The third-order valence-electron chi connectivity index (χ3n) is 47.7. The number of hydrogen-bond donors (Lipinski definition) is 7. The van der Waals surface area contributed by atoms with Gasteiger partial charge in [0.25, 0.3) is 0 Å². The maximum Gasteiger partial charge on any atom is 0.0701 e. The van der Waals surface area contributed by atoms with Crippen LogP contribution in [0, 0.1) is 170 Å². The van der Waals surface area contributed by atoms with Crippen molar-refractivity contribution >= 4 is 0 Å². The van der Waals surface area contributed by atoms with Gasteiger partial charge in [0.05, 0.1) is 22.4 Å². The van der Waals surface area contributed by atoms with Crippen molar-refractivity contribution in [1.29, 1.82) is 0 Å². The predicted molar refractivity (Wildman–Crippen MR) is 584 cm³/mol. The topological polar surface area (TPSA) is 142 Å². The van der Waals surface area contributed by atoms with Crippen molar-refractivity contribution in [3.8, 4) is 0 Å². The fourth-order valence-electron chi connectivity index (χ4n) is 38.9. The molecule has 0 radical (unpaired) electrons. The summed E-state index contributed by atoms with van der Waals surface area (Å²) in [5.74, 6) is 17.5. The molecule has 7 N–H and O–H groups in total. The summed E-state index contributed by atoms with van der Waals surface area (Å²) in [5, 5.41) is 63.2. The lowest BCUT2D eigenvalue weighted by Crippen LogP contribution is -2.57. The van der Waals surface area contributed by atoms with E-state index in [1.807, 2.05) is 13.8 Å². The maximum atomic E-state index is 10.6. The van der Waals surface area contributed by atoms with E-state index in [9.17, 15) is 20.4 Å². The quantitative estimate of drug-likeness (QED) is 0.140. The number of fused-ring (bicyclic) bond motifs is 19. The van der Waals surface area contributed by atoms with Gasteiger partial charge in [-0.15, -0.1) is 0 Å². The first-order chi connectivity index (χ1) is 63.6.